The van der Waals surface area contributed by atoms with Gasteiger partial charge in [-0.05, 0) is 42.8 Å². The number of rotatable bonds is 4. The van der Waals surface area contributed by atoms with Gasteiger partial charge in [0, 0.05) is 0 Å². The maximum atomic E-state index is 11.4. The van der Waals surface area contributed by atoms with E-state index in [1.807, 2.05) is 56.3 Å². The molecule has 0 aromatic heterocycles. The van der Waals surface area contributed by atoms with Crippen molar-refractivity contribution in [3.63, 3.8) is 0 Å². The molecule has 21 heavy (non-hydrogen) atoms. The summed E-state index contributed by atoms with van der Waals surface area (Å²) >= 11 is 0. The van der Waals surface area contributed by atoms with Crippen molar-refractivity contribution in [1.29, 1.82) is 0 Å². The molecule has 0 radical (unpaired) electrons. The lowest BCUT2D eigenvalue weighted by Gasteiger charge is -2.08. The Bertz CT molecular complexity index is 707. The maximum Gasteiger partial charge on any atom is 0.334 e. The van der Waals surface area contributed by atoms with Crippen LogP contribution in [-0.4, -0.2) is 13.1 Å². The first-order chi connectivity index (χ1) is 10.1. The zero-order valence-corrected chi connectivity index (χ0v) is 12.4. The molecule has 0 aliphatic rings. The summed E-state index contributed by atoms with van der Waals surface area (Å²) in [5, 5.41) is 2.23. The standard InChI is InChI=1S/C18H18O3/c1-13(2)10-17(12-18(19)20-3)21-16-9-8-14-6-4-5-7-15(14)11-16/h4-12H,1-3H3/b17-12+. The molecule has 0 aliphatic carbocycles. The van der Waals surface area contributed by atoms with Crippen LogP contribution in [0.25, 0.3) is 10.8 Å². The maximum absolute atomic E-state index is 11.4. The van der Waals surface area contributed by atoms with E-state index in [9.17, 15) is 4.79 Å². The molecule has 0 bridgehead atoms. The van der Waals surface area contributed by atoms with Crippen LogP contribution in [-0.2, 0) is 9.53 Å². The van der Waals surface area contributed by atoms with Crippen molar-refractivity contribution in [2.75, 3.05) is 7.11 Å². The highest BCUT2D eigenvalue weighted by Gasteiger charge is 2.04. The fraction of sp³-hybridized carbons (Fsp3) is 0.167. The van der Waals surface area contributed by atoms with Gasteiger partial charge in [-0.25, -0.2) is 4.79 Å². The summed E-state index contributed by atoms with van der Waals surface area (Å²) in [5.74, 6) is 0.696. The summed E-state index contributed by atoms with van der Waals surface area (Å²) in [7, 11) is 1.34. The molecule has 2 aromatic carbocycles. The van der Waals surface area contributed by atoms with E-state index >= 15 is 0 Å². The average Bonchev–Trinajstić information content (AvgIpc) is 2.46. The minimum absolute atomic E-state index is 0.441. The average molecular weight is 282 g/mol. The first kappa shape index (κ1) is 14.9. The quantitative estimate of drug-likeness (QED) is 0.364. The van der Waals surface area contributed by atoms with Crippen molar-refractivity contribution >= 4 is 16.7 Å². The summed E-state index contributed by atoms with van der Waals surface area (Å²) < 4.78 is 10.4. The van der Waals surface area contributed by atoms with Crippen LogP contribution in [0.3, 0.4) is 0 Å². The predicted molar refractivity (Wildman–Crippen MR) is 84.1 cm³/mol. The van der Waals surface area contributed by atoms with Gasteiger partial charge in [-0.3, -0.25) is 0 Å². The van der Waals surface area contributed by atoms with Gasteiger partial charge in [0.05, 0.1) is 13.2 Å². The number of benzene rings is 2. The van der Waals surface area contributed by atoms with Crippen LogP contribution in [0.15, 0.2) is 65.9 Å². The van der Waals surface area contributed by atoms with Gasteiger partial charge in [0.25, 0.3) is 0 Å². The van der Waals surface area contributed by atoms with Crippen LogP contribution < -0.4 is 4.74 Å². The first-order valence-electron chi connectivity index (χ1n) is 6.69. The summed E-state index contributed by atoms with van der Waals surface area (Å²) in [6.45, 7) is 3.88. The van der Waals surface area contributed by atoms with Crippen molar-refractivity contribution < 1.29 is 14.3 Å². The molecule has 0 heterocycles. The predicted octanol–water partition coefficient (Wildman–Crippen LogP) is 4.24. The van der Waals surface area contributed by atoms with Gasteiger partial charge >= 0.3 is 5.97 Å². The van der Waals surface area contributed by atoms with Gasteiger partial charge in [-0.2, -0.15) is 0 Å². The SMILES string of the molecule is COC(=O)/C=C(\C=C(C)C)Oc1ccc2ccccc2c1. The largest absolute Gasteiger partial charge is 0.466 e. The van der Waals surface area contributed by atoms with E-state index in [4.69, 9.17) is 4.74 Å². The van der Waals surface area contributed by atoms with Crippen LogP contribution >= 0.6 is 0 Å². The van der Waals surface area contributed by atoms with Crippen molar-refractivity contribution in [1.82, 2.24) is 0 Å². The van der Waals surface area contributed by atoms with Crippen LogP contribution in [0.1, 0.15) is 13.8 Å². The number of esters is 1. The Hall–Kier alpha value is -2.55. The molecule has 0 saturated heterocycles. The lowest BCUT2D eigenvalue weighted by atomic mass is 10.1. The molecule has 0 spiro atoms. The van der Waals surface area contributed by atoms with Gasteiger partial charge in [0.1, 0.15) is 11.5 Å². The minimum atomic E-state index is -0.441. The molecule has 0 unspecified atom stereocenters. The number of hydrogen-bond donors (Lipinski definition) is 0. The molecule has 3 heteroatoms. The summed E-state index contributed by atoms with van der Waals surface area (Å²) in [5.41, 5.74) is 1.03. The van der Waals surface area contributed by atoms with E-state index in [-0.39, 0.29) is 0 Å². The second kappa shape index (κ2) is 6.75. The Morgan fingerprint density at radius 2 is 1.71 bits per heavy atom. The Morgan fingerprint density at radius 3 is 2.38 bits per heavy atom. The van der Waals surface area contributed by atoms with Gasteiger partial charge in [0.15, 0.2) is 0 Å². The topological polar surface area (TPSA) is 35.5 Å². The molecular formula is C18H18O3. The number of carbonyl (C=O) groups is 1. The first-order valence-corrected chi connectivity index (χ1v) is 6.69. The summed E-state index contributed by atoms with van der Waals surface area (Å²) in [6.07, 6.45) is 3.13. The highest BCUT2D eigenvalue weighted by Crippen LogP contribution is 2.22. The third-order valence-electron chi connectivity index (χ3n) is 2.85. The molecule has 0 amide bonds. The van der Waals surface area contributed by atoms with E-state index in [1.54, 1.807) is 6.08 Å². The number of carbonyl (C=O) groups excluding carboxylic acids is 1. The van der Waals surface area contributed by atoms with Gasteiger partial charge in [-0.15, -0.1) is 0 Å². The number of hydrogen-bond acceptors (Lipinski definition) is 3. The van der Waals surface area contributed by atoms with E-state index in [2.05, 4.69) is 4.74 Å². The molecular weight excluding hydrogens is 264 g/mol. The van der Waals surface area contributed by atoms with E-state index < -0.39 is 5.97 Å². The van der Waals surface area contributed by atoms with Crippen LogP contribution in [0, 0.1) is 0 Å². The van der Waals surface area contributed by atoms with Crippen LogP contribution in [0.2, 0.25) is 0 Å². The highest BCUT2D eigenvalue weighted by molar-refractivity contribution is 5.84. The Kier molecular flexibility index (Phi) is 4.77. The fourth-order valence-electron chi connectivity index (χ4n) is 1.93. The number of methoxy groups -OCH3 is 1. The Morgan fingerprint density at radius 1 is 1.00 bits per heavy atom. The number of allylic oxidation sites excluding steroid dienone is 2. The van der Waals surface area contributed by atoms with E-state index in [0.29, 0.717) is 11.5 Å². The Labute approximate surface area is 124 Å². The zero-order chi connectivity index (χ0) is 15.2. The summed E-state index contributed by atoms with van der Waals surface area (Å²) in [6, 6.07) is 13.9. The molecule has 2 rings (SSSR count). The van der Waals surface area contributed by atoms with Gasteiger partial charge in [-0.1, -0.05) is 35.9 Å². The molecule has 2 aromatic rings. The smallest absolute Gasteiger partial charge is 0.334 e. The Balaban J connectivity index is 2.32. The number of ether oxygens (including phenoxy) is 2. The zero-order valence-electron chi connectivity index (χ0n) is 12.4. The van der Waals surface area contributed by atoms with Crippen molar-refractivity contribution in [3.8, 4) is 5.75 Å². The van der Waals surface area contributed by atoms with E-state index in [0.717, 1.165) is 16.3 Å². The third-order valence-corrected chi connectivity index (χ3v) is 2.85. The van der Waals surface area contributed by atoms with Crippen molar-refractivity contribution in [2.45, 2.75) is 13.8 Å². The second-order valence-electron chi connectivity index (χ2n) is 4.90. The van der Waals surface area contributed by atoms with Gasteiger partial charge < -0.3 is 9.47 Å². The minimum Gasteiger partial charge on any atom is -0.466 e. The molecule has 3 nitrogen and oxygen atoms in total. The molecule has 0 aliphatic heterocycles. The molecule has 0 atom stereocenters. The molecule has 108 valence electrons. The summed E-state index contributed by atoms with van der Waals surface area (Å²) in [4.78, 5) is 11.4. The van der Waals surface area contributed by atoms with E-state index in [1.165, 1.54) is 13.2 Å². The molecule has 0 fully saturated rings. The normalized spacial score (nSPS) is 11.1. The monoisotopic (exact) mass is 282 g/mol. The van der Waals surface area contributed by atoms with Crippen molar-refractivity contribution in [2.24, 2.45) is 0 Å². The highest BCUT2D eigenvalue weighted by atomic mass is 16.5. The van der Waals surface area contributed by atoms with Gasteiger partial charge in [0.2, 0.25) is 0 Å². The lowest BCUT2D eigenvalue weighted by molar-refractivity contribution is -0.134. The van der Waals surface area contributed by atoms with Crippen LogP contribution in [0.5, 0.6) is 5.75 Å². The van der Waals surface area contributed by atoms with Crippen LogP contribution in [0.4, 0.5) is 0 Å². The fourth-order valence-corrected chi connectivity index (χ4v) is 1.93. The second-order valence-corrected chi connectivity index (χ2v) is 4.90. The lowest BCUT2D eigenvalue weighted by Crippen LogP contribution is -2.01. The molecule has 0 saturated carbocycles. The number of fused-ring (bicyclic) bond motifs is 1. The van der Waals surface area contributed by atoms with Crippen molar-refractivity contribution in [3.05, 3.63) is 65.9 Å². The molecule has 0 N–H and O–H groups in total. The third kappa shape index (κ3) is 4.21.